The number of para-hydroxylation sites is 1. The van der Waals surface area contributed by atoms with Crippen molar-refractivity contribution < 1.29 is 18.2 Å². The van der Waals surface area contributed by atoms with Gasteiger partial charge in [-0.1, -0.05) is 48.0 Å². The molecule has 1 atom stereocenters. The van der Waals surface area contributed by atoms with E-state index in [2.05, 4.69) is 5.32 Å². The molecule has 3 aromatic rings. The molecule has 5 nitrogen and oxygen atoms in total. The number of hydrogen-bond donors (Lipinski definition) is 1. The summed E-state index contributed by atoms with van der Waals surface area (Å²) < 4.78 is 23.2. The molecule has 0 fully saturated rings. The van der Waals surface area contributed by atoms with E-state index in [0.717, 1.165) is 16.9 Å². The molecular formula is C22H23NO4S. The minimum atomic E-state index is -1.11. The van der Waals surface area contributed by atoms with Crippen molar-refractivity contribution in [3.63, 3.8) is 0 Å². The minimum Gasteiger partial charge on any atom is -0.496 e. The Hall–Kier alpha value is -2.86. The van der Waals surface area contributed by atoms with Crippen molar-refractivity contribution in [2.75, 3.05) is 7.11 Å². The van der Waals surface area contributed by atoms with Crippen LogP contribution >= 0.6 is 0 Å². The first-order valence-electron chi connectivity index (χ1n) is 8.94. The molecule has 0 saturated carbocycles. The average Bonchev–Trinajstić information content (AvgIpc) is 3.16. The van der Waals surface area contributed by atoms with Crippen LogP contribution in [-0.2, 0) is 28.9 Å². The van der Waals surface area contributed by atoms with Gasteiger partial charge < -0.3 is 14.5 Å². The average molecular weight is 397 g/mol. The van der Waals surface area contributed by atoms with Crippen molar-refractivity contribution in [3.05, 3.63) is 88.9 Å². The van der Waals surface area contributed by atoms with Gasteiger partial charge in [-0.3, -0.25) is 9.00 Å². The highest BCUT2D eigenvalue weighted by atomic mass is 32.2. The summed E-state index contributed by atoms with van der Waals surface area (Å²) in [6.45, 7) is 2.35. The van der Waals surface area contributed by atoms with Gasteiger partial charge >= 0.3 is 0 Å². The maximum Gasteiger partial charge on any atom is 0.287 e. The molecule has 6 heteroatoms. The lowest BCUT2D eigenvalue weighted by Crippen LogP contribution is -2.22. The molecule has 1 N–H and O–H groups in total. The summed E-state index contributed by atoms with van der Waals surface area (Å²) >= 11 is 0. The zero-order chi connectivity index (χ0) is 19.9. The highest BCUT2D eigenvalue weighted by Gasteiger charge is 2.14. The molecule has 0 radical (unpaired) electrons. The summed E-state index contributed by atoms with van der Waals surface area (Å²) in [6.07, 6.45) is 0. The van der Waals surface area contributed by atoms with E-state index in [0.29, 0.717) is 18.1 Å². The van der Waals surface area contributed by atoms with Crippen LogP contribution in [0, 0.1) is 6.92 Å². The summed E-state index contributed by atoms with van der Waals surface area (Å²) in [5.74, 6) is 1.87. The van der Waals surface area contributed by atoms with Gasteiger partial charge in [-0.05, 0) is 30.7 Å². The maximum atomic E-state index is 12.4. The van der Waals surface area contributed by atoms with Gasteiger partial charge in [0.15, 0.2) is 5.76 Å². The molecular weight excluding hydrogens is 374 g/mol. The SMILES string of the molecule is COc1ccccc1CNC(=O)c1ccc(C[S@](=O)Cc2ccc(C)cc2)o1. The molecule has 0 spiro atoms. The Kier molecular flexibility index (Phi) is 6.66. The summed E-state index contributed by atoms with van der Waals surface area (Å²) in [7, 11) is 0.485. The topological polar surface area (TPSA) is 68.5 Å². The Bertz CT molecular complexity index is 963. The first kappa shape index (κ1) is 19.9. The van der Waals surface area contributed by atoms with Crippen molar-refractivity contribution in [2.45, 2.75) is 25.0 Å². The van der Waals surface area contributed by atoms with Crippen molar-refractivity contribution in [2.24, 2.45) is 0 Å². The van der Waals surface area contributed by atoms with Gasteiger partial charge in [0.2, 0.25) is 0 Å². The molecule has 0 unspecified atom stereocenters. The monoisotopic (exact) mass is 397 g/mol. The van der Waals surface area contributed by atoms with Crippen LogP contribution in [0.25, 0.3) is 0 Å². The van der Waals surface area contributed by atoms with Crippen molar-refractivity contribution in [1.29, 1.82) is 0 Å². The normalized spacial score (nSPS) is 11.8. The summed E-state index contributed by atoms with van der Waals surface area (Å²) in [6, 6.07) is 18.8. The Morgan fingerprint density at radius 2 is 1.79 bits per heavy atom. The fourth-order valence-corrected chi connectivity index (χ4v) is 3.91. The summed E-state index contributed by atoms with van der Waals surface area (Å²) in [5, 5.41) is 2.81. The predicted molar refractivity (Wildman–Crippen MR) is 110 cm³/mol. The number of carbonyl (C=O) groups is 1. The molecule has 146 valence electrons. The zero-order valence-corrected chi connectivity index (χ0v) is 16.8. The number of aryl methyl sites for hydroxylation is 1. The van der Waals surface area contributed by atoms with Crippen LogP contribution in [0.2, 0.25) is 0 Å². The van der Waals surface area contributed by atoms with E-state index in [9.17, 15) is 9.00 Å². The quantitative estimate of drug-likeness (QED) is 0.624. The zero-order valence-electron chi connectivity index (χ0n) is 15.9. The molecule has 3 rings (SSSR count). The number of carbonyl (C=O) groups excluding carboxylic acids is 1. The highest BCUT2D eigenvalue weighted by Crippen LogP contribution is 2.17. The van der Waals surface area contributed by atoms with Gasteiger partial charge in [-0.2, -0.15) is 0 Å². The van der Waals surface area contributed by atoms with Crippen molar-refractivity contribution in [3.8, 4) is 5.75 Å². The first-order valence-corrected chi connectivity index (χ1v) is 10.4. The van der Waals surface area contributed by atoms with Crippen LogP contribution in [0.15, 0.2) is 65.1 Å². The Labute approximate surface area is 167 Å². The van der Waals surface area contributed by atoms with E-state index in [1.54, 1.807) is 19.2 Å². The Morgan fingerprint density at radius 1 is 1.04 bits per heavy atom. The van der Waals surface area contributed by atoms with Crippen molar-refractivity contribution >= 4 is 16.7 Å². The second-order valence-corrected chi connectivity index (χ2v) is 7.93. The molecule has 1 amide bonds. The lowest BCUT2D eigenvalue weighted by Gasteiger charge is -2.08. The second kappa shape index (κ2) is 9.37. The maximum absolute atomic E-state index is 12.4. The number of hydrogen-bond acceptors (Lipinski definition) is 4. The molecule has 0 bridgehead atoms. The van der Waals surface area contributed by atoms with E-state index in [4.69, 9.17) is 9.15 Å². The van der Waals surface area contributed by atoms with Gasteiger partial charge in [0.1, 0.15) is 11.5 Å². The lowest BCUT2D eigenvalue weighted by atomic mass is 10.2. The molecule has 0 aliphatic rings. The number of rotatable bonds is 8. The van der Waals surface area contributed by atoms with E-state index in [1.165, 1.54) is 5.56 Å². The number of ether oxygens (including phenoxy) is 1. The van der Waals surface area contributed by atoms with E-state index in [1.807, 2.05) is 55.5 Å². The van der Waals surface area contributed by atoms with Crippen LogP contribution in [0.3, 0.4) is 0 Å². The number of methoxy groups -OCH3 is 1. The molecule has 0 aliphatic heterocycles. The molecule has 1 aromatic heterocycles. The van der Waals surface area contributed by atoms with Crippen molar-refractivity contribution in [1.82, 2.24) is 5.32 Å². The van der Waals surface area contributed by atoms with E-state index >= 15 is 0 Å². The molecule has 0 saturated heterocycles. The standard InChI is InChI=1S/C22H23NO4S/c1-16-7-9-17(10-8-16)14-28(25)15-19-11-12-21(27-19)22(24)23-13-18-5-3-4-6-20(18)26-2/h3-12H,13-15H2,1-2H3,(H,23,24)/t28-/m1/s1. The van der Waals surface area contributed by atoms with E-state index < -0.39 is 10.8 Å². The molecule has 0 aliphatic carbocycles. The fourth-order valence-electron chi connectivity index (χ4n) is 2.77. The van der Waals surface area contributed by atoms with Crippen LogP contribution in [0.4, 0.5) is 0 Å². The molecule has 2 aromatic carbocycles. The second-order valence-electron chi connectivity index (χ2n) is 6.47. The van der Waals surface area contributed by atoms with E-state index in [-0.39, 0.29) is 17.4 Å². The van der Waals surface area contributed by atoms with Gasteiger partial charge in [0, 0.05) is 28.7 Å². The predicted octanol–water partition coefficient (Wildman–Crippen LogP) is 3.98. The number of amides is 1. The third kappa shape index (κ3) is 5.33. The lowest BCUT2D eigenvalue weighted by molar-refractivity contribution is 0.0921. The van der Waals surface area contributed by atoms with Crippen LogP contribution in [0.5, 0.6) is 5.75 Å². The van der Waals surface area contributed by atoms with Gasteiger partial charge in [-0.15, -0.1) is 0 Å². The largest absolute Gasteiger partial charge is 0.496 e. The number of nitrogens with one attached hydrogen (secondary N) is 1. The van der Waals surface area contributed by atoms with Crippen LogP contribution in [0.1, 0.15) is 33.0 Å². The molecule has 1 heterocycles. The number of benzene rings is 2. The third-order valence-corrected chi connectivity index (χ3v) is 5.53. The Morgan fingerprint density at radius 3 is 2.54 bits per heavy atom. The summed E-state index contributed by atoms with van der Waals surface area (Å²) in [4.78, 5) is 12.3. The summed E-state index contributed by atoms with van der Waals surface area (Å²) in [5.41, 5.74) is 3.07. The highest BCUT2D eigenvalue weighted by molar-refractivity contribution is 7.83. The molecule has 28 heavy (non-hydrogen) atoms. The van der Waals surface area contributed by atoms with Crippen LogP contribution < -0.4 is 10.1 Å². The fraction of sp³-hybridized carbons (Fsp3) is 0.227. The third-order valence-electron chi connectivity index (χ3n) is 4.27. The van der Waals surface area contributed by atoms with Gasteiger partial charge in [0.05, 0.1) is 12.9 Å². The number of furan rings is 1. The smallest absolute Gasteiger partial charge is 0.287 e. The van der Waals surface area contributed by atoms with Gasteiger partial charge in [-0.25, -0.2) is 0 Å². The Balaban J connectivity index is 1.54. The van der Waals surface area contributed by atoms with Gasteiger partial charge in [0.25, 0.3) is 5.91 Å². The minimum absolute atomic E-state index is 0.206. The van der Waals surface area contributed by atoms with Crippen LogP contribution in [-0.4, -0.2) is 17.2 Å². The first-order chi connectivity index (χ1) is 13.5.